The van der Waals surface area contributed by atoms with Gasteiger partial charge in [-0.05, 0) is 12.5 Å². The van der Waals surface area contributed by atoms with E-state index in [0.29, 0.717) is 56.5 Å². The Labute approximate surface area is 236 Å². The molecule has 6 bridgehead atoms. The fourth-order valence-corrected chi connectivity index (χ4v) is 7.96. The van der Waals surface area contributed by atoms with Crippen molar-refractivity contribution >= 4 is 17.0 Å². The number of nitrogens with two attached hydrogens (primary N) is 1. The molecule has 40 heavy (non-hydrogen) atoms. The number of nitrogens with zero attached hydrogens (tertiary/aromatic N) is 2. The highest BCUT2D eigenvalue weighted by Crippen LogP contribution is 2.57. The number of Topliss-reactive ketones (excluding diaryl/α,β-unsaturated/α-hetero) is 1. The number of ether oxygens (including phenoxy) is 5. The Bertz CT molecular complexity index is 1250. The van der Waals surface area contributed by atoms with Gasteiger partial charge in [-0.2, -0.15) is 0 Å². The van der Waals surface area contributed by atoms with E-state index in [-0.39, 0.29) is 5.78 Å². The number of fused-ring (bicyclic) bond motifs is 3. The van der Waals surface area contributed by atoms with Crippen molar-refractivity contribution in [2.24, 2.45) is 11.7 Å². The lowest BCUT2D eigenvalue weighted by Crippen LogP contribution is -2.63. The van der Waals surface area contributed by atoms with Gasteiger partial charge in [-0.1, -0.05) is 25.5 Å². The van der Waals surface area contributed by atoms with Crippen molar-refractivity contribution in [2.75, 3.05) is 85.5 Å². The minimum atomic E-state index is -1.39. The Kier molecular flexibility index (Phi) is 6.80. The van der Waals surface area contributed by atoms with Gasteiger partial charge < -0.3 is 23.7 Å². The number of rotatable bonds is 4. The molecule has 9 heteroatoms. The van der Waals surface area contributed by atoms with Crippen molar-refractivity contribution in [3.8, 4) is 0 Å². The van der Waals surface area contributed by atoms with E-state index in [2.05, 4.69) is 13.0 Å². The van der Waals surface area contributed by atoms with Gasteiger partial charge in [0, 0.05) is 24.0 Å². The summed E-state index contributed by atoms with van der Waals surface area (Å²) in [4.78, 5) is 14.5. The molecular weight excluding hydrogens is 510 g/mol. The molecule has 0 aromatic heterocycles. The number of benzene rings is 1. The quantitative estimate of drug-likeness (QED) is 0.453. The van der Waals surface area contributed by atoms with Gasteiger partial charge in [-0.15, -0.1) is 0 Å². The van der Waals surface area contributed by atoms with Gasteiger partial charge in [-0.25, -0.2) is 0 Å². The second-order valence-electron chi connectivity index (χ2n) is 12.2. The molecule has 5 heterocycles. The average molecular weight is 554 g/mol. The molecule has 0 saturated carbocycles. The first-order valence-electron chi connectivity index (χ1n) is 15.3. The minimum Gasteiger partial charge on any atom is -0.488 e. The van der Waals surface area contributed by atoms with E-state index in [1.165, 1.54) is 5.69 Å². The zero-order valence-electron chi connectivity index (χ0n) is 23.8. The lowest BCUT2D eigenvalue weighted by atomic mass is 9.79. The molecule has 1 aromatic rings. The first-order valence-corrected chi connectivity index (χ1v) is 15.3. The van der Waals surface area contributed by atoms with Crippen LogP contribution in [0.5, 0.6) is 0 Å². The van der Waals surface area contributed by atoms with Crippen molar-refractivity contribution in [1.82, 2.24) is 4.48 Å². The Morgan fingerprint density at radius 3 is 2.40 bits per heavy atom. The fraction of sp³-hybridized carbons (Fsp3) is 0.645. The second-order valence-corrected chi connectivity index (χ2v) is 12.2. The molecule has 2 fully saturated rings. The van der Waals surface area contributed by atoms with E-state index in [4.69, 9.17) is 29.4 Å². The summed E-state index contributed by atoms with van der Waals surface area (Å²) >= 11 is 0. The van der Waals surface area contributed by atoms with Crippen LogP contribution in [0.15, 0.2) is 35.4 Å². The summed E-state index contributed by atoms with van der Waals surface area (Å²) in [5.41, 5.74) is 10.8. The topological polar surface area (TPSA) is 89.2 Å². The maximum Gasteiger partial charge on any atom is 0.218 e. The smallest absolute Gasteiger partial charge is 0.218 e. The molecular formula is C31H43N3O6+2. The summed E-state index contributed by atoms with van der Waals surface area (Å²) in [6.07, 6.45) is 3.65. The third-order valence-corrected chi connectivity index (χ3v) is 10.0. The van der Waals surface area contributed by atoms with Crippen molar-refractivity contribution in [3.05, 3.63) is 46.5 Å². The molecule has 2 N–H and O–H groups in total. The van der Waals surface area contributed by atoms with Crippen LogP contribution in [-0.4, -0.2) is 102 Å². The molecule has 2 aliphatic carbocycles. The van der Waals surface area contributed by atoms with E-state index in [0.717, 1.165) is 97.6 Å². The molecule has 0 radical (unpaired) electrons. The van der Waals surface area contributed by atoms with Gasteiger partial charge in [0.1, 0.15) is 37.8 Å². The summed E-state index contributed by atoms with van der Waals surface area (Å²) in [5.74, 6) is 0.701. The third-order valence-electron chi connectivity index (χ3n) is 10.0. The largest absolute Gasteiger partial charge is 0.488 e. The lowest BCUT2D eigenvalue weighted by Gasteiger charge is -2.49. The number of unbranched alkanes of at least 4 members (excludes halogenated alkanes) is 1. The highest BCUT2D eigenvalue weighted by atomic mass is 16.6. The van der Waals surface area contributed by atoms with E-state index in [1.807, 2.05) is 12.1 Å². The molecule has 1 aromatic carbocycles. The van der Waals surface area contributed by atoms with Crippen LogP contribution in [0, 0.1) is 5.92 Å². The molecule has 2 spiro atoms. The van der Waals surface area contributed by atoms with Crippen LogP contribution in [0.25, 0.3) is 5.57 Å². The zero-order valence-corrected chi connectivity index (χ0v) is 23.8. The minimum absolute atomic E-state index is 0.00664. The molecule has 2 unspecified atom stereocenters. The molecule has 9 nitrogen and oxygen atoms in total. The van der Waals surface area contributed by atoms with Gasteiger partial charge in [0.05, 0.1) is 64.9 Å². The van der Waals surface area contributed by atoms with E-state index in [9.17, 15) is 4.79 Å². The molecule has 216 valence electrons. The number of carbonyl (C=O) groups is 1. The van der Waals surface area contributed by atoms with E-state index in [1.54, 1.807) is 0 Å². The second kappa shape index (κ2) is 10.2. The maximum absolute atomic E-state index is 14.5. The normalized spacial score (nSPS) is 30.6. The van der Waals surface area contributed by atoms with Crippen molar-refractivity contribution in [1.29, 1.82) is 0 Å². The number of ketones is 1. The number of hydrogen-bond donors (Lipinski definition) is 1. The Morgan fingerprint density at radius 2 is 1.65 bits per heavy atom. The molecule has 2 saturated heterocycles. The molecule has 8 rings (SSSR count). The number of quaternary nitrogens is 2. The van der Waals surface area contributed by atoms with Crippen LogP contribution in [-0.2, 0) is 23.7 Å². The van der Waals surface area contributed by atoms with Crippen LogP contribution < -0.4 is 10.2 Å². The zero-order chi connectivity index (χ0) is 27.4. The SMILES string of the molecule is CCCCOC1=C2c3c4cccc3[N+]3(CCCOC5=C1[N+]1(CCCOC5(N)C2C4=O)CCOCC1)CCOCC3. The predicted molar refractivity (Wildman–Crippen MR) is 150 cm³/mol. The van der Waals surface area contributed by atoms with Crippen LogP contribution >= 0.6 is 0 Å². The maximum atomic E-state index is 14.5. The van der Waals surface area contributed by atoms with E-state index >= 15 is 0 Å². The van der Waals surface area contributed by atoms with Crippen molar-refractivity contribution in [2.45, 2.75) is 38.3 Å². The highest BCUT2D eigenvalue weighted by molar-refractivity contribution is 6.18. The summed E-state index contributed by atoms with van der Waals surface area (Å²) in [6.45, 7) is 11.6. The highest BCUT2D eigenvalue weighted by Gasteiger charge is 2.63. The average Bonchev–Trinajstić information content (AvgIpc) is 3.27. The first kappa shape index (κ1) is 26.6. The van der Waals surface area contributed by atoms with Gasteiger partial charge in [-0.3, -0.25) is 19.5 Å². The van der Waals surface area contributed by atoms with Crippen molar-refractivity contribution in [3.63, 3.8) is 0 Å². The number of hydrogen-bond acceptors (Lipinski definition) is 7. The van der Waals surface area contributed by atoms with Gasteiger partial charge >= 0.3 is 0 Å². The summed E-state index contributed by atoms with van der Waals surface area (Å²) in [5, 5.41) is 0. The van der Waals surface area contributed by atoms with Crippen molar-refractivity contribution < 1.29 is 33.0 Å². The van der Waals surface area contributed by atoms with Gasteiger partial charge in [0.25, 0.3) is 0 Å². The van der Waals surface area contributed by atoms with Gasteiger partial charge in [0.15, 0.2) is 17.3 Å². The molecule has 2 atom stereocenters. The Morgan fingerprint density at radius 1 is 0.950 bits per heavy atom. The van der Waals surface area contributed by atoms with E-state index < -0.39 is 11.6 Å². The summed E-state index contributed by atoms with van der Waals surface area (Å²) in [7, 11) is 0. The summed E-state index contributed by atoms with van der Waals surface area (Å²) in [6, 6.07) is 6.23. The summed E-state index contributed by atoms with van der Waals surface area (Å²) < 4.78 is 33.4. The fourth-order valence-electron chi connectivity index (χ4n) is 7.96. The number of morpholine rings is 2. The number of carbonyl (C=O) groups excluding carboxylic acids is 1. The Balaban J connectivity index is 1.56. The molecule has 0 amide bonds. The van der Waals surface area contributed by atoms with Crippen LogP contribution in [0.4, 0.5) is 5.69 Å². The predicted octanol–water partition coefficient (Wildman–Crippen LogP) is 2.93. The standard InChI is InChI=1S/C31H43N3O6/c1-2-3-15-38-29-25-24-22-7-4-8-23(24)33(11-18-36-19-12-33)9-5-16-39-30-27(29)34(13-20-37-21-14-34)10-6-17-40-31(30,32)26(25)28(22)35/h4,7-8,26H,2-3,5-6,9-21,32H2,1H3/q+2. The Hall–Kier alpha value is -2.27. The van der Waals surface area contributed by atoms with Gasteiger partial charge in [0.2, 0.25) is 11.5 Å². The third kappa shape index (κ3) is 3.86. The van der Waals surface area contributed by atoms with Crippen LogP contribution in [0.1, 0.15) is 48.5 Å². The molecule has 7 aliphatic rings. The lowest BCUT2D eigenvalue weighted by molar-refractivity contribution is -0.900. The monoisotopic (exact) mass is 553 g/mol. The first-order chi connectivity index (χ1) is 19.5. The molecule has 5 aliphatic heterocycles. The van der Waals surface area contributed by atoms with Crippen LogP contribution in [0.2, 0.25) is 0 Å². The van der Waals surface area contributed by atoms with Crippen LogP contribution in [0.3, 0.4) is 0 Å².